The van der Waals surface area contributed by atoms with Crippen LogP contribution in [0.1, 0.15) is 0 Å². The van der Waals surface area contributed by atoms with E-state index >= 15 is 0 Å². The van der Waals surface area contributed by atoms with Gasteiger partial charge in [0.1, 0.15) is 18.1 Å². The van der Waals surface area contributed by atoms with Crippen molar-refractivity contribution in [1.29, 1.82) is 0 Å². The van der Waals surface area contributed by atoms with E-state index in [4.69, 9.17) is 14.9 Å². The molecule has 2 rings (SSSR count). The number of carbonyl (C=O) groups excluding carboxylic acids is 2. The van der Waals surface area contributed by atoms with Crippen molar-refractivity contribution in [3.63, 3.8) is 0 Å². The molecule has 0 unspecified atom stereocenters. The van der Waals surface area contributed by atoms with Crippen LogP contribution in [0.4, 0.5) is 5.69 Å². The summed E-state index contributed by atoms with van der Waals surface area (Å²) in [4.78, 5) is 24.5. The van der Waals surface area contributed by atoms with E-state index in [-0.39, 0.29) is 32.1 Å². The number of hydrogen-bond donors (Lipinski definition) is 3. The van der Waals surface area contributed by atoms with Crippen molar-refractivity contribution in [1.82, 2.24) is 4.90 Å². The number of hydrogen-bond acceptors (Lipinski definition) is 6. The van der Waals surface area contributed by atoms with E-state index in [1.807, 2.05) is 0 Å². The Hall–Kier alpha value is -2.38. The molecular weight excluding hydrogens is 276 g/mol. The Morgan fingerprint density at radius 3 is 2.71 bits per heavy atom. The SMILES string of the molecule is O=C1C=C(Nc2cccc(OCCO)c2)C(=O)N1CCO. The average Bonchev–Trinajstić information content (AvgIpc) is 2.73. The van der Waals surface area contributed by atoms with Gasteiger partial charge in [-0.25, -0.2) is 0 Å². The Morgan fingerprint density at radius 2 is 2.00 bits per heavy atom. The molecule has 7 heteroatoms. The fraction of sp³-hybridized carbons (Fsp3) is 0.286. The summed E-state index contributed by atoms with van der Waals surface area (Å²) in [5, 5.41) is 20.4. The molecule has 1 aromatic carbocycles. The first-order valence-corrected chi connectivity index (χ1v) is 6.45. The highest BCUT2D eigenvalue weighted by Gasteiger charge is 2.30. The number of aliphatic hydroxyl groups is 2. The van der Waals surface area contributed by atoms with Crippen LogP contribution < -0.4 is 10.1 Å². The maximum atomic E-state index is 12.0. The van der Waals surface area contributed by atoms with Gasteiger partial charge in [0, 0.05) is 17.8 Å². The zero-order chi connectivity index (χ0) is 15.2. The third kappa shape index (κ3) is 3.59. The molecule has 1 heterocycles. The second-order valence-electron chi connectivity index (χ2n) is 4.30. The number of benzene rings is 1. The van der Waals surface area contributed by atoms with Crippen molar-refractivity contribution in [3.05, 3.63) is 36.0 Å². The van der Waals surface area contributed by atoms with Gasteiger partial charge in [0.2, 0.25) is 0 Å². The minimum absolute atomic E-state index is 0.0288. The molecular formula is C14H16N2O5. The van der Waals surface area contributed by atoms with E-state index in [0.29, 0.717) is 11.4 Å². The quantitative estimate of drug-likeness (QED) is 0.598. The molecule has 1 aromatic rings. The van der Waals surface area contributed by atoms with Gasteiger partial charge in [0.25, 0.3) is 11.8 Å². The van der Waals surface area contributed by atoms with E-state index in [1.54, 1.807) is 24.3 Å². The topological polar surface area (TPSA) is 99.1 Å². The summed E-state index contributed by atoms with van der Waals surface area (Å²) in [6, 6.07) is 6.82. The molecule has 7 nitrogen and oxygen atoms in total. The Balaban J connectivity index is 2.07. The molecule has 0 atom stereocenters. The first-order valence-electron chi connectivity index (χ1n) is 6.45. The number of nitrogens with zero attached hydrogens (tertiary/aromatic N) is 1. The number of aliphatic hydroxyl groups excluding tert-OH is 2. The van der Waals surface area contributed by atoms with E-state index in [2.05, 4.69) is 5.32 Å². The number of amides is 2. The summed E-state index contributed by atoms with van der Waals surface area (Å²) in [5.41, 5.74) is 0.733. The maximum Gasteiger partial charge on any atom is 0.277 e. The minimum Gasteiger partial charge on any atom is -0.491 e. The highest BCUT2D eigenvalue weighted by Crippen LogP contribution is 2.21. The Morgan fingerprint density at radius 1 is 1.19 bits per heavy atom. The number of anilines is 1. The van der Waals surface area contributed by atoms with Gasteiger partial charge in [-0.3, -0.25) is 14.5 Å². The molecule has 0 aliphatic carbocycles. The maximum absolute atomic E-state index is 12.0. The number of nitrogens with one attached hydrogen (secondary N) is 1. The average molecular weight is 292 g/mol. The fourth-order valence-electron chi connectivity index (χ4n) is 1.89. The second-order valence-corrected chi connectivity index (χ2v) is 4.30. The molecule has 0 saturated heterocycles. The van der Waals surface area contributed by atoms with Gasteiger partial charge < -0.3 is 20.3 Å². The van der Waals surface area contributed by atoms with Crippen LogP contribution in [0.15, 0.2) is 36.0 Å². The van der Waals surface area contributed by atoms with E-state index in [9.17, 15) is 9.59 Å². The molecule has 3 N–H and O–H groups in total. The molecule has 21 heavy (non-hydrogen) atoms. The summed E-state index contributed by atoms with van der Waals surface area (Å²) < 4.78 is 5.26. The van der Waals surface area contributed by atoms with E-state index in [0.717, 1.165) is 4.90 Å². The molecule has 0 saturated carbocycles. The lowest BCUT2D eigenvalue weighted by Crippen LogP contribution is -2.34. The van der Waals surface area contributed by atoms with E-state index in [1.165, 1.54) is 6.08 Å². The molecule has 1 aliphatic rings. The first-order chi connectivity index (χ1) is 10.2. The van der Waals surface area contributed by atoms with Crippen molar-refractivity contribution in [3.8, 4) is 5.75 Å². The van der Waals surface area contributed by atoms with Crippen molar-refractivity contribution in [2.75, 3.05) is 31.7 Å². The lowest BCUT2D eigenvalue weighted by Gasteiger charge is -2.13. The third-order valence-electron chi connectivity index (χ3n) is 2.81. The smallest absolute Gasteiger partial charge is 0.277 e. The highest BCUT2D eigenvalue weighted by atomic mass is 16.5. The Labute approximate surface area is 121 Å². The third-order valence-corrected chi connectivity index (χ3v) is 2.81. The monoisotopic (exact) mass is 292 g/mol. The zero-order valence-corrected chi connectivity index (χ0v) is 11.3. The van der Waals surface area contributed by atoms with Crippen molar-refractivity contribution >= 4 is 17.5 Å². The second kappa shape index (κ2) is 6.87. The molecule has 0 spiro atoms. The summed E-state index contributed by atoms with van der Waals surface area (Å²) in [6.45, 7) is -0.220. The van der Waals surface area contributed by atoms with Gasteiger partial charge in [0.15, 0.2) is 0 Å². The zero-order valence-electron chi connectivity index (χ0n) is 11.3. The first kappa shape index (κ1) is 15.0. The van der Waals surface area contributed by atoms with Crippen LogP contribution in [0.5, 0.6) is 5.75 Å². The molecule has 0 aromatic heterocycles. The summed E-state index contributed by atoms with van der Waals surface area (Å²) in [6.07, 6.45) is 1.19. The predicted octanol–water partition coefficient (Wildman–Crippen LogP) is -0.285. The molecule has 112 valence electrons. The standard InChI is InChI=1S/C14H16N2O5/c17-5-4-16-13(19)9-12(14(16)20)15-10-2-1-3-11(8-10)21-7-6-18/h1-3,8-9,15,17-18H,4-7H2. The predicted molar refractivity (Wildman–Crippen MR) is 74.5 cm³/mol. The fourth-order valence-corrected chi connectivity index (χ4v) is 1.89. The number of ether oxygens (including phenoxy) is 1. The highest BCUT2D eigenvalue weighted by molar-refractivity contribution is 6.17. The van der Waals surface area contributed by atoms with Crippen LogP contribution in [0, 0.1) is 0 Å². The number of carbonyl (C=O) groups is 2. The normalized spacial score (nSPS) is 14.4. The number of β-amino-alcohol motifs (C(OH)–C–C–N with tert-alkyl or cyclic N) is 1. The van der Waals surface area contributed by atoms with Crippen molar-refractivity contribution in [2.24, 2.45) is 0 Å². The molecule has 0 radical (unpaired) electrons. The van der Waals surface area contributed by atoms with Crippen LogP contribution in [-0.2, 0) is 9.59 Å². The Kier molecular flexibility index (Phi) is 4.91. The minimum atomic E-state index is -0.476. The van der Waals surface area contributed by atoms with Crippen LogP contribution in [-0.4, -0.2) is 53.3 Å². The molecule has 0 fully saturated rings. The lowest BCUT2D eigenvalue weighted by molar-refractivity contribution is -0.137. The van der Waals surface area contributed by atoms with Gasteiger partial charge in [0.05, 0.1) is 19.8 Å². The van der Waals surface area contributed by atoms with Gasteiger partial charge in [-0.2, -0.15) is 0 Å². The van der Waals surface area contributed by atoms with Gasteiger partial charge in [-0.15, -0.1) is 0 Å². The van der Waals surface area contributed by atoms with Gasteiger partial charge in [-0.1, -0.05) is 6.07 Å². The van der Waals surface area contributed by atoms with Crippen LogP contribution in [0.25, 0.3) is 0 Å². The largest absolute Gasteiger partial charge is 0.491 e. The summed E-state index contributed by atoms with van der Waals surface area (Å²) >= 11 is 0. The van der Waals surface area contributed by atoms with Crippen LogP contribution in [0.3, 0.4) is 0 Å². The molecule has 0 bridgehead atoms. The number of imide groups is 1. The lowest BCUT2D eigenvalue weighted by atomic mass is 10.3. The van der Waals surface area contributed by atoms with Gasteiger partial charge >= 0.3 is 0 Å². The van der Waals surface area contributed by atoms with Crippen LogP contribution >= 0.6 is 0 Å². The Bertz CT molecular complexity index is 570. The van der Waals surface area contributed by atoms with Crippen molar-refractivity contribution < 1.29 is 24.5 Å². The van der Waals surface area contributed by atoms with Crippen molar-refractivity contribution in [2.45, 2.75) is 0 Å². The van der Waals surface area contributed by atoms with E-state index < -0.39 is 11.8 Å². The number of rotatable bonds is 7. The summed E-state index contributed by atoms with van der Waals surface area (Å²) in [7, 11) is 0. The van der Waals surface area contributed by atoms with Crippen LogP contribution in [0.2, 0.25) is 0 Å². The molecule has 1 aliphatic heterocycles. The summed E-state index contributed by atoms with van der Waals surface area (Å²) in [5.74, 6) is -0.390. The molecule has 2 amide bonds. The van der Waals surface area contributed by atoms with Gasteiger partial charge in [-0.05, 0) is 12.1 Å².